The van der Waals surface area contributed by atoms with E-state index in [1.165, 1.54) is 17.6 Å². The maximum absolute atomic E-state index is 13.0. The predicted octanol–water partition coefficient (Wildman–Crippen LogP) is 1.64. The fourth-order valence-corrected chi connectivity index (χ4v) is 3.25. The van der Waals surface area contributed by atoms with E-state index in [2.05, 4.69) is 4.98 Å². The third-order valence-corrected chi connectivity index (χ3v) is 4.46. The highest BCUT2D eigenvalue weighted by Crippen LogP contribution is 2.34. The van der Waals surface area contributed by atoms with Crippen molar-refractivity contribution in [3.8, 4) is 0 Å². The van der Waals surface area contributed by atoms with Gasteiger partial charge in [-0.05, 0) is 37.5 Å². The summed E-state index contributed by atoms with van der Waals surface area (Å²) in [4.78, 5) is 26.7. The molecule has 1 amide bonds. The number of rotatable bonds is 1. The van der Waals surface area contributed by atoms with Crippen LogP contribution in [0.1, 0.15) is 30.0 Å². The summed E-state index contributed by atoms with van der Waals surface area (Å²) in [5.74, 6) is 0. The number of aromatic nitrogens is 2. The topological polar surface area (TPSA) is 81.2 Å². The van der Waals surface area contributed by atoms with Crippen LogP contribution in [-0.2, 0) is 6.18 Å². The van der Waals surface area contributed by atoms with E-state index in [0.29, 0.717) is 18.4 Å². The van der Waals surface area contributed by atoms with E-state index in [-0.39, 0.29) is 30.2 Å². The number of carboxylic acid groups (broad SMARTS) is 1. The third kappa shape index (κ3) is 2.74. The first-order chi connectivity index (χ1) is 11.2. The molecule has 0 atom stereocenters. The van der Waals surface area contributed by atoms with E-state index in [9.17, 15) is 27.9 Å². The number of carbonyl (C=O) groups excluding carboxylic acids is 1. The number of halogens is 3. The SMILES string of the molecule is Cc1cc2c(cc1C(F)(F)F)[nH]c(=O)n2C1CCN(C(=O)[O-])CC1. The van der Waals surface area contributed by atoms with Gasteiger partial charge in [-0.3, -0.25) is 4.57 Å². The molecule has 6 nitrogen and oxygen atoms in total. The van der Waals surface area contributed by atoms with Crippen molar-refractivity contribution in [1.29, 1.82) is 0 Å². The first-order valence-electron chi connectivity index (χ1n) is 7.46. The lowest BCUT2D eigenvalue weighted by atomic mass is 10.0. The van der Waals surface area contributed by atoms with Crippen LogP contribution in [0.2, 0.25) is 0 Å². The number of amides is 1. The van der Waals surface area contributed by atoms with Gasteiger partial charge in [-0.15, -0.1) is 0 Å². The van der Waals surface area contributed by atoms with Crippen LogP contribution < -0.4 is 10.8 Å². The number of hydrogen-bond acceptors (Lipinski definition) is 3. The van der Waals surface area contributed by atoms with Gasteiger partial charge in [-0.1, -0.05) is 0 Å². The number of H-pyrrole nitrogens is 1. The Labute approximate surface area is 134 Å². The molecule has 0 unspecified atom stereocenters. The van der Waals surface area contributed by atoms with Gasteiger partial charge in [0.15, 0.2) is 0 Å². The van der Waals surface area contributed by atoms with Crippen LogP contribution in [0.25, 0.3) is 11.0 Å². The number of nitrogens with one attached hydrogen (secondary N) is 1. The molecule has 0 spiro atoms. The molecule has 0 aliphatic carbocycles. The van der Waals surface area contributed by atoms with Crippen LogP contribution in [0.4, 0.5) is 18.0 Å². The number of aromatic amines is 1. The van der Waals surface area contributed by atoms with Crippen molar-refractivity contribution < 1.29 is 23.1 Å². The van der Waals surface area contributed by atoms with Crippen LogP contribution in [0.3, 0.4) is 0 Å². The number of aryl methyl sites for hydroxylation is 1. The highest BCUT2D eigenvalue weighted by Gasteiger charge is 2.33. The van der Waals surface area contributed by atoms with Crippen LogP contribution in [0.5, 0.6) is 0 Å². The summed E-state index contributed by atoms with van der Waals surface area (Å²) >= 11 is 0. The van der Waals surface area contributed by atoms with Gasteiger partial charge in [0.25, 0.3) is 0 Å². The molecule has 1 aliphatic rings. The molecule has 1 aromatic heterocycles. The molecular weight excluding hydrogens is 327 g/mol. The van der Waals surface area contributed by atoms with Crippen molar-refractivity contribution in [3.63, 3.8) is 0 Å². The molecule has 1 fully saturated rings. The molecular formula is C15H15F3N3O3-. The van der Waals surface area contributed by atoms with Crippen molar-refractivity contribution >= 4 is 17.1 Å². The summed E-state index contributed by atoms with van der Waals surface area (Å²) in [6, 6.07) is 2.03. The van der Waals surface area contributed by atoms with Crippen LogP contribution in [0, 0.1) is 6.92 Å². The summed E-state index contributed by atoms with van der Waals surface area (Å²) in [7, 11) is 0. The highest BCUT2D eigenvalue weighted by molar-refractivity contribution is 5.77. The number of alkyl halides is 3. The minimum Gasteiger partial charge on any atom is -0.530 e. The van der Waals surface area contributed by atoms with Crippen molar-refractivity contribution in [2.24, 2.45) is 0 Å². The number of likely N-dealkylation sites (tertiary alicyclic amines) is 1. The quantitative estimate of drug-likeness (QED) is 0.855. The molecule has 1 aromatic carbocycles. The van der Waals surface area contributed by atoms with E-state index in [1.807, 2.05) is 0 Å². The maximum atomic E-state index is 13.0. The van der Waals surface area contributed by atoms with Gasteiger partial charge in [-0.2, -0.15) is 13.2 Å². The molecule has 9 heteroatoms. The molecule has 2 aromatic rings. The minimum absolute atomic E-state index is 0.0370. The average molecular weight is 342 g/mol. The van der Waals surface area contributed by atoms with Crippen molar-refractivity contribution in [2.45, 2.75) is 32.0 Å². The monoisotopic (exact) mass is 342 g/mol. The Morgan fingerprint density at radius 3 is 2.46 bits per heavy atom. The Bertz CT molecular complexity index is 845. The number of imidazole rings is 1. The minimum atomic E-state index is -4.49. The number of carbonyl (C=O) groups is 1. The summed E-state index contributed by atoms with van der Waals surface area (Å²) in [6.07, 6.45) is -4.94. The second-order valence-electron chi connectivity index (χ2n) is 5.97. The van der Waals surface area contributed by atoms with E-state index in [0.717, 1.165) is 11.0 Å². The maximum Gasteiger partial charge on any atom is 0.416 e. The van der Waals surface area contributed by atoms with Crippen LogP contribution in [0.15, 0.2) is 16.9 Å². The summed E-state index contributed by atoms with van der Waals surface area (Å²) in [6.45, 7) is 1.81. The fraction of sp³-hybridized carbons (Fsp3) is 0.467. The third-order valence-electron chi connectivity index (χ3n) is 4.46. The summed E-state index contributed by atoms with van der Waals surface area (Å²) in [5.41, 5.74) is -0.710. The Kier molecular flexibility index (Phi) is 3.81. The Balaban J connectivity index is 2.01. The zero-order valence-corrected chi connectivity index (χ0v) is 12.8. The Morgan fingerprint density at radius 1 is 1.29 bits per heavy atom. The smallest absolute Gasteiger partial charge is 0.416 e. The molecule has 1 N–H and O–H groups in total. The molecule has 0 saturated carbocycles. The van der Waals surface area contributed by atoms with Gasteiger partial charge in [-0.25, -0.2) is 4.79 Å². The van der Waals surface area contributed by atoms with Crippen molar-refractivity contribution in [2.75, 3.05) is 13.1 Å². The number of hydrogen-bond donors (Lipinski definition) is 1. The fourth-order valence-electron chi connectivity index (χ4n) is 3.25. The number of fused-ring (bicyclic) bond motifs is 1. The summed E-state index contributed by atoms with van der Waals surface area (Å²) in [5, 5.41) is 10.8. The normalized spacial score (nSPS) is 16.8. The zero-order chi connectivity index (χ0) is 17.6. The molecule has 0 bridgehead atoms. The van der Waals surface area contributed by atoms with Crippen molar-refractivity contribution in [1.82, 2.24) is 14.5 Å². The lowest BCUT2D eigenvalue weighted by Gasteiger charge is -2.34. The van der Waals surface area contributed by atoms with Crippen molar-refractivity contribution in [3.05, 3.63) is 33.7 Å². The number of benzene rings is 1. The van der Waals surface area contributed by atoms with Gasteiger partial charge in [0.05, 0.1) is 16.6 Å². The zero-order valence-electron chi connectivity index (χ0n) is 12.8. The van der Waals surface area contributed by atoms with E-state index in [4.69, 9.17) is 0 Å². The molecule has 2 heterocycles. The first-order valence-corrected chi connectivity index (χ1v) is 7.46. The van der Waals surface area contributed by atoms with E-state index < -0.39 is 23.5 Å². The molecule has 24 heavy (non-hydrogen) atoms. The largest absolute Gasteiger partial charge is 0.530 e. The molecule has 0 radical (unpaired) electrons. The standard InChI is InChI=1S/C15H16F3N3O3/c1-8-6-12-11(7-10(8)15(16,17)18)19-13(22)21(12)9-2-4-20(5-3-9)14(23)24/h6-7,9H,2-5H2,1H3,(H,19,22)(H,23,24)/p-1. The van der Waals surface area contributed by atoms with Gasteiger partial charge >= 0.3 is 11.9 Å². The molecule has 3 rings (SSSR count). The number of nitrogens with zero attached hydrogens (tertiary/aromatic N) is 2. The molecule has 1 aliphatic heterocycles. The molecule has 130 valence electrons. The first kappa shape index (κ1) is 16.4. The second-order valence-corrected chi connectivity index (χ2v) is 5.97. The Hall–Kier alpha value is -2.45. The molecule has 1 saturated heterocycles. The van der Waals surface area contributed by atoms with E-state index in [1.54, 1.807) is 0 Å². The van der Waals surface area contributed by atoms with Gasteiger partial charge in [0, 0.05) is 19.1 Å². The van der Waals surface area contributed by atoms with Crippen LogP contribution >= 0.6 is 0 Å². The van der Waals surface area contributed by atoms with Gasteiger partial charge in [0.2, 0.25) is 0 Å². The summed E-state index contributed by atoms with van der Waals surface area (Å²) < 4.78 is 40.4. The lowest BCUT2D eigenvalue weighted by Crippen LogP contribution is -2.46. The predicted molar refractivity (Wildman–Crippen MR) is 77.5 cm³/mol. The number of piperidine rings is 1. The average Bonchev–Trinajstić information content (AvgIpc) is 2.80. The second kappa shape index (κ2) is 5.57. The van der Waals surface area contributed by atoms with Gasteiger partial charge in [0.1, 0.15) is 6.09 Å². The highest BCUT2D eigenvalue weighted by atomic mass is 19.4. The van der Waals surface area contributed by atoms with Gasteiger partial charge < -0.3 is 19.8 Å². The Morgan fingerprint density at radius 2 is 1.92 bits per heavy atom. The van der Waals surface area contributed by atoms with Crippen LogP contribution in [-0.4, -0.2) is 33.6 Å². The van der Waals surface area contributed by atoms with E-state index >= 15 is 0 Å². The lowest BCUT2D eigenvalue weighted by molar-refractivity contribution is -0.266.